The zero-order chi connectivity index (χ0) is 39.3. The van der Waals surface area contributed by atoms with Crippen LogP contribution in [0.2, 0.25) is 0 Å². The van der Waals surface area contributed by atoms with Gasteiger partial charge in [0.15, 0.2) is 11.5 Å². The fourth-order valence-corrected chi connectivity index (χ4v) is 7.29. The number of hydrogen-bond acceptors (Lipinski definition) is 9. The largest absolute Gasteiger partial charge is 0.484 e. The normalized spacial score (nSPS) is 18.4. The number of benzene rings is 2. The quantitative estimate of drug-likeness (QED) is 0.136. The minimum atomic E-state index is -0.275. The number of amides is 2. The number of hydrogen-bond donors (Lipinski definition) is 3. The first kappa shape index (κ1) is 39.2. The number of ether oxygens (including phenoxy) is 1. The lowest BCUT2D eigenvalue weighted by Gasteiger charge is -2.32. The summed E-state index contributed by atoms with van der Waals surface area (Å²) in [6, 6.07) is 22.3. The number of rotatable bonds is 10. The third-order valence-corrected chi connectivity index (χ3v) is 10.4. The molecule has 292 valence electrons. The number of likely N-dealkylation sites (tertiary alicyclic amines) is 1. The van der Waals surface area contributed by atoms with Crippen LogP contribution in [0.15, 0.2) is 72.9 Å². The van der Waals surface area contributed by atoms with Gasteiger partial charge in [0.25, 0.3) is 6.47 Å². The highest BCUT2D eigenvalue weighted by molar-refractivity contribution is 5.89. The highest BCUT2D eigenvalue weighted by Crippen LogP contribution is 2.39. The van der Waals surface area contributed by atoms with Crippen molar-refractivity contribution in [2.24, 2.45) is 0 Å². The van der Waals surface area contributed by atoms with Crippen LogP contribution >= 0.6 is 0 Å². The van der Waals surface area contributed by atoms with Gasteiger partial charge in [-0.15, -0.1) is 10.2 Å². The number of nitrogens with zero attached hydrogens (tertiary/aromatic N) is 8. The van der Waals surface area contributed by atoms with Crippen molar-refractivity contribution in [1.82, 2.24) is 39.5 Å². The maximum Gasteiger partial charge on any atom is 0.320 e. The van der Waals surface area contributed by atoms with Crippen molar-refractivity contribution in [1.29, 1.82) is 0 Å². The standard InChI is InChI=1S/C40H52N10O2.CH2O2/c1-40(2,3)35-25-37(50(45-35)28-13-10-12-27(24-28)47(6)23-22-46(4)5)42-39(51)41-32-18-19-34(31-15-9-8-14-30(31)32)52-29-17-20-36-43-44-38(49(36)26-29)33-16-11-21-48(33)7;2-1-3/h8-10,12-15,17,20,24-26,32-34H,11,16,18-19,21-23H2,1-7H3,(H2,41,42,51);1H,(H,2,3)/t32-,33-,34+;/m0./s1. The van der Waals surface area contributed by atoms with E-state index in [0.29, 0.717) is 5.82 Å². The number of carbonyl (C=O) groups excluding carboxylic acids is 1. The van der Waals surface area contributed by atoms with Crippen LogP contribution in [0, 0.1) is 0 Å². The van der Waals surface area contributed by atoms with Gasteiger partial charge in [0, 0.05) is 37.3 Å². The van der Waals surface area contributed by atoms with Gasteiger partial charge in [-0.2, -0.15) is 5.10 Å². The van der Waals surface area contributed by atoms with Crippen LogP contribution in [0.4, 0.5) is 16.3 Å². The smallest absolute Gasteiger partial charge is 0.320 e. The van der Waals surface area contributed by atoms with Crippen LogP contribution < -0.4 is 20.3 Å². The van der Waals surface area contributed by atoms with Gasteiger partial charge in [0.2, 0.25) is 0 Å². The van der Waals surface area contributed by atoms with E-state index in [2.05, 4.69) is 113 Å². The summed E-state index contributed by atoms with van der Waals surface area (Å²) in [6.45, 7) is 9.03. The number of pyridine rings is 1. The number of likely N-dealkylation sites (N-methyl/N-ethyl adjacent to an activating group) is 2. The highest BCUT2D eigenvalue weighted by atomic mass is 16.5. The molecule has 4 heterocycles. The first-order chi connectivity index (χ1) is 26.4. The van der Waals surface area contributed by atoms with Crippen LogP contribution in [0.3, 0.4) is 0 Å². The number of carboxylic acid groups (broad SMARTS) is 1. The SMILES string of the molecule is CN(C)CCN(C)c1cccc(-n2nc(C(C)(C)C)cc2NC(=O)N[C@H]2CC[C@@H](Oc3ccc4nnc([C@@H]5CCCN5C)n4c3)c3ccccc32)c1.O=CO. The summed E-state index contributed by atoms with van der Waals surface area (Å²) in [6.07, 6.45) is 5.58. The zero-order valence-corrected chi connectivity index (χ0v) is 32.9. The zero-order valence-electron chi connectivity index (χ0n) is 32.9. The molecule has 2 aliphatic rings. The predicted molar refractivity (Wildman–Crippen MR) is 214 cm³/mol. The van der Waals surface area contributed by atoms with Crippen molar-refractivity contribution in [2.75, 3.05) is 58.0 Å². The summed E-state index contributed by atoms with van der Waals surface area (Å²) in [5.74, 6) is 2.35. The molecule has 1 fully saturated rings. The first-order valence-corrected chi connectivity index (χ1v) is 18.9. The van der Waals surface area contributed by atoms with E-state index in [4.69, 9.17) is 19.7 Å². The molecule has 3 atom stereocenters. The molecule has 3 N–H and O–H groups in total. The Hall–Kier alpha value is -5.47. The average molecular weight is 751 g/mol. The molecule has 7 rings (SSSR count). The Kier molecular flexibility index (Phi) is 12.1. The molecule has 2 aromatic carbocycles. The minimum absolute atomic E-state index is 0.150. The minimum Gasteiger partial charge on any atom is -0.484 e. The molecule has 0 bridgehead atoms. The van der Waals surface area contributed by atoms with E-state index in [1.54, 1.807) is 0 Å². The lowest BCUT2D eigenvalue weighted by Crippen LogP contribution is -2.36. The summed E-state index contributed by atoms with van der Waals surface area (Å²) in [7, 11) is 8.40. The highest BCUT2D eigenvalue weighted by Gasteiger charge is 2.31. The molecular formula is C41H54N10O4. The molecule has 1 saturated heterocycles. The second-order valence-corrected chi connectivity index (χ2v) is 15.7. The van der Waals surface area contributed by atoms with E-state index in [1.807, 2.05) is 53.3 Å². The van der Waals surface area contributed by atoms with Crippen molar-refractivity contribution in [3.05, 3.63) is 95.6 Å². The molecule has 0 saturated carbocycles. The molecule has 55 heavy (non-hydrogen) atoms. The van der Waals surface area contributed by atoms with Crippen LogP contribution in [0.1, 0.15) is 87.3 Å². The van der Waals surface area contributed by atoms with E-state index in [1.165, 1.54) is 0 Å². The van der Waals surface area contributed by atoms with Crippen LogP contribution in [-0.4, -0.2) is 99.6 Å². The van der Waals surface area contributed by atoms with Crippen molar-refractivity contribution < 1.29 is 19.4 Å². The molecule has 1 aliphatic carbocycles. The Morgan fingerprint density at radius 3 is 2.45 bits per heavy atom. The number of urea groups is 1. The number of fused-ring (bicyclic) bond motifs is 2. The van der Waals surface area contributed by atoms with Crippen molar-refractivity contribution in [3.63, 3.8) is 0 Å². The van der Waals surface area contributed by atoms with Gasteiger partial charge in [-0.25, -0.2) is 9.48 Å². The van der Waals surface area contributed by atoms with Gasteiger partial charge in [0.05, 0.1) is 29.7 Å². The number of anilines is 2. The molecule has 3 aromatic heterocycles. The van der Waals surface area contributed by atoms with Crippen molar-refractivity contribution >= 4 is 29.7 Å². The molecule has 0 unspecified atom stereocenters. The fraction of sp³-hybridized carbons (Fsp3) is 0.439. The van der Waals surface area contributed by atoms with E-state index >= 15 is 0 Å². The molecular weight excluding hydrogens is 697 g/mol. The van der Waals surface area contributed by atoms with Gasteiger partial charge >= 0.3 is 6.03 Å². The van der Waals surface area contributed by atoms with Crippen molar-refractivity contribution in [3.8, 4) is 11.4 Å². The second kappa shape index (κ2) is 16.9. The summed E-state index contributed by atoms with van der Waals surface area (Å²) >= 11 is 0. The first-order valence-electron chi connectivity index (χ1n) is 18.9. The monoisotopic (exact) mass is 750 g/mol. The topological polar surface area (TPSA) is 145 Å². The summed E-state index contributed by atoms with van der Waals surface area (Å²) in [4.78, 5) is 28.9. The van der Waals surface area contributed by atoms with E-state index in [0.717, 1.165) is 90.7 Å². The molecule has 0 radical (unpaired) electrons. The number of carbonyl (C=O) groups is 2. The second-order valence-electron chi connectivity index (χ2n) is 15.7. The molecule has 14 heteroatoms. The molecule has 14 nitrogen and oxygen atoms in total. The predicted octanol–water partition coefficient (Wildman–Crippen LogP) is 6.45. The molecule has 2 amide bonds. The Bertz CT molecular complexity index is 2090. The maximum absolute atomic E-state index is 13.8. The summed E-state index contributed by atoms with van der Waals surface area (Å²) in [5, 5.41) is 27.2. The van der Waals surface area contributed by atoms with E-state index in [9.17, 15) is 4.79 Å². The van der Waals surface area contributed by atoms with Crippen LogP contribution in [0.5, 0.6) is 5.75 Å². The number of aromatic nitrogens is 5. The Morgan fingerprint density at radius 2 is 1.75 bits per heavy atom. The van der Waals surface area contributed by atoms with Gasteiger partial charge in [0.1, 0.15) is 17.7 Å². The van der Waals surface area contributed by atoms with Gasteiger partial charge in [-0.3, -0.25) is 19.4 Å². The van der Waals surface area contributed by atoms with E-state index < -0.39 is 0 Å². The lowest BCUT2D eigenvalue weighted by atomic mass is 9.85. The average Bonchev–Trinajstić information content (AvgIpc) is 3.90. The molecule has 1 aliphatic heterocycles. The number of nitrogens with one attached hydrogen (secondary N) is 2. The third kappa shape index (κ3) is 9.09. The van der Waals surface area contributed by atoms with Gasteiger partial charge < -0.3 is 25.0 Å². The third-order valence-electron chi connectivity index (χ3n) is 10.4. The summed E-state index contributed by atoms with van der Waals surface area (Å²) < 4.78 is 10.6. The molecule has 5 aromatic rings. The fourth-order valence-electron chi connectivity index (χ4n) is 7.29. The van der Waals surface area contributed by atoms with E-state index in [-0.39, 0.29) is 36.1 Å². The summed E-state index contributed by atoms with van der Waals surface area (Å²) in [5.41, 5.74) is 5.61. The van der Waals surface area contributed by atoms with Crippen LogP contribution in [0.25, 0.3) is 11.3 Å². The maximum atomic E-state index is 13.8. The molecule has 0 spiro atoms. The van der Waals surface area contributed by atoms with Crippen LogP contribution in [-0.2, 0) is 10.2 Å². The Labute approximate surface area is 323 Å². The van der Waals surface area contributed by atoms with Gasteiger partial charge in [-0.05, 0) is 94.8 Å². The van der Waals surface area contributed by atoms with Gasteiger partial charge in [-0.1, -0.05) is 51.1 Å². The Morgan fingerprint density at radius 1 is 0.982 bits per heavy atom. The Balaban J connectivity index is 0.00000166. The lowest BCUT2D eigenvalue weighted by molar-refractivity contribution is -0.122. The van der Waals surface area contributed by atoms with Crippen molar-refractivity contribution in [2.45, 2.75) is 70.1 Å².